The Morgan fingerprint density at radius 1 is 1.15 bits per heavy atom. The first-order valence-corrected chi connectivity index (χ1v) is 11.8. The first-order valence-electron chi connectivity index (χ1n) is 8.05. The van der Waals surface area contributed by atoms with Gasteiger partial charge in [-0.05, 0) is 49.4 Å². The number of halogens is 2. The Kier molecular flexibility index (Phi) is 6.31. The van der Waals surface area contributed by atoms with Crippen molar-refractivity contribution in [2.24, 2.45) is 0 Å². The van der Waals surface area contributed by atoms with Crippen molar-refractivity contribution >= 4 is 58.2 Å². The van der Waals surface area contributed by atoms with Gasteiger partial charge < -0.3 is 4.98 Å². The quantitative estimate of drug-likeness (QED) is 0.514. The molecule has 144 valence electrons. The molecule has 1 heterocycles. The van der Waals surface area contributed by atoms with Crippen LogP contribution in [0.3, 0.4) is 0 Å². The number of nitrogens with zero attached hydrogens (tertiary/aromatic N) is 1. The van der Waals surface area contributed by atoms with Crippen LogP contribution in [0.4, 0.5) is 5.69 Å². The summed E-state index contributed by atoms with van der Waals surface area (Å²) < 4.78 is 33.0. The van der Waals surface area contributed by atoms with E-state index in [9.17, 15) is 13.3 Å². The maximum Gasteiger partial charge on any atom is 0.279 e. The van der Waals surface area contributed by atoms with Crippen LogP contribution >= 0.6 is 31.6 Å². The molecule has 6 nitrogen and oxygen atoms in total. The summed E-state index contributed by atoms with van der Waals surface area (Å²) in [5.41, 5.74) is 1.29. The SMILES string of the molecule is CCO[PH+](O)CN(c1ccc2[nH]ccc2c1)S(=O)(=O)c1cc(Cl)cc(Cl)c1. The summed E-state index contributed by atoms with van der Waals surface area (Å²) in [7, 11) is -6.39. The summed E-state index contributed by atoms with van der Waals surface area (Å²) in [4.78, 5) is 13.2. The molecule has 2 N–H and O–H groups in total. The number of aromatic amines is 1. The first kappa shape index (κ1) is 20.4. The molecule has 3 aromatic rings. The van der Waals surface area contributed by atoms with Crippen LogP contribution in [0.2, 0.25) is 10.0 Å². The predicted octanol–water partition coefficient (Wildman–Crippen LogP) is 4.70. The van der Waals surface area contributed by atoms with Gasteiger partial charge in [-0.25, -0.2) is 22.1 Å². The van der Waals surface area contributed by atoms with Crippen LogP contribution in [0.25, 0.3) is 10.9 Å². The molecule has 0 aliphatic rings. The molecular formula is C17H18Cl2N2O4PS+. The largest absolute Gasteiger partial charge is 0.361 e. The van der Waals surface area contributed by atoms with Gasteiger partial charge in [-0.2, -0.15) is 0 Å². The van der Waals surface area contributed by atoms with Crippen LogP contribution < -0.4 is 4.31 Å². The molecule has 3 rings (SSSR count). The number of sulfonamides is 1. The Hall–Kier alpha value is -1.34. The molecule has 0 amide bonds. The lowest BCUT2D eigenvalue weighted by molar-refractivity contribution is 0.330. The van der Waals surface area contributed by atoms with E-state index in [0.29, 0.717) is 12.3 Å². The Morgan fingerprint density at radius 3 is 2.52 bits per heavy atom. The number of fused-ring (bicyclic) bond motifs is 1. The van der Waals surface area contributed by atoms with Crippen molar-refractivity contribution in [3.63, 3.8) is 0 Å². The fourth-order valence-electron chi connectivity index (χ4n) is 2.65. The second-order valence-corrected chi connectivity index (χ2v) is 9.82. The van der Waals surface area contributed by atoms with Gasteiger partial charge >= 0.3 is 0 Å². The molecule has 0 saturated carbocycles. The van der Waals surface area contributed by atoms with E-state index in [1.54, 1.807) is 31.3 Å². The number of nitrogens with one attached hydrogen (secondary N) is 1. The zero-order valence-corrected chi connectivity index (χ0v) is 17.6. The van der Waals surface area contributed by atoms with Gasteiger partial charge in [0.25, 0.3) is 18.4 Å². The topological polar surface area (TPSA) is 82.6 Å². The van der Waals surface area contributed by atoms with Crippen LogP contribution in [0, 0.1) is 0 Å². The van der Waals surface area contributed by atoms with E-state index in [1.165, 1.54) is 18.2 Å². The van der Waals surface area contributed by atoms with Gasteiger partial charge in [-0.15, -0.1) is 0 Å². The highest BCUT2D eigenvalue weighted by Gasteiger charge is 2.31. The monoisotopic (exact) mass is 447 g/mol. The van der Waals surface area contributed by atoms with Crippen molar-refractivity contribution in [2.75, 3.05) is 17.2 Å². The Bertz CT molecular complexity index is 1040. The molecule has 27 heavy (non-hydrogen) atoms. The number of rotatable bonds is 7. The van der Waals surface area contributed by atoms with Gasteiger partial charge in [-0.1, -0.05) is 23.2 Å². The van der Waals surface area contributed by atoms with Crippen molar-refractivity contribution in [2.45, 2.75) is 11.8 Å². The zero-order chi connectivity index (χ0) is 19.6. The molecule has 0 saturated heterocycles. The predicted molar refractivity (Wildman–Crippen MR) is 111 cm³/mol. The van der Waals surface area contributed by atoms with Crippen molar-refractivity contribution < 1.29 is 17.8 Å². The summed E-state index contributed by atoms with van der Waals surface area (Å²) >= 11 is 12.0. The maximum absolute atomic E-state index is 13.3. The smallest absolute Gasteiger partial charge is 0.279 e. The van der Waals surface area contributed by atoms with Crippen molar-refractivity contribution in [1.82, 2.24) is 4.98 Å². The van der Waals surface area contributed by atoms with Crippen LogP contribution in [-0.2, 0) is 14.5 Å². The van der Waals surface area contributed by atoms with Gasteiger partial charge in [0, 0.05) is 27.1 Å². The second-order valence-electron chi connectivity index (χ2n) is 5.69. The van der Waals surface area contributed by atoms with E-state index < -0.39 is 18.4 Å². The van der Waals surface area contributed by atoms with E-state index in [4.69, 9.17) is 27.7 Å². The van der Waals surface area contributed by atoms with Crippen LogP contribution in [0.15, 0.2) is 53.6 Å². The average Bonchev–Trinajstić information content (AvgIpc) is 3.06. The van der Waals surface area contributed by atoms with Crippen LogP contribution in [0.1, 0.15) is 6.92 Å². The maximum atomic E-state index is 13.3. The number of H-pyrrole nitrogens is 1. The van der Waals surface area contributed by atoms with Crippen LogP contribution in [0.5, 0.6) is 0 Å². The molecule has 10 heteroatoms. The van der Waals surface area contributed by atoms with E-state index >= 15 is 0 Å². The molecule has 2 aromatic carbocycles. The summed E-state index contributed by atoms with van der Waals surface area (Å²) in [6.45, 7) is 2.03. The lowest BCUT2D eigenvalue weighted by atomic mass is 10.2. The zero-order valence-electron chi connectivity index (χ0n) is 14.3. The second kappa shape index (κ2) is 8.35. The third kappa shape index (κ3) is 4.57. The minimum absolute atomic E-state index is 0.0551. The van der Waals surface area contributed by atoms with Crippen molar-refractivity contribution in [3.05, 3.63) is 58.7 Å². The van der Waals surface area contributed by atoms with Gasteiger partial charge in [0.2, 0.25) is 0 Å². The molecule has 0 aliphatic carbocycles. The molecule has 1 unspecified atom stereocenters. The molecule has 0 radical (unpaired) electrons. The molecule has 1 atom stereocenters. The van der Waals surface area contributed by atoms with E-state index in [2.05, 4.69) is 4.98 Å². The van der Waals surface area contributed by atoms with Gasteiger partial charge in [0.1, 0.15) is 0 Å². The third-order valence-corrected chi connectivity index (χ3v) is 7.46. The van der Waals surface area contributed by atoms with E-state index in [-0.39, 0.29) is 21.2 Å². The molecule has 0 bridgehead atoms. The number of hydrogen-bond donors (Lipinski definition) is 2. The lowest BCUT2D eigenvalue weighted by Crippen LogP contribution is -2.31. The van der Waals surface area contributed by atoms with Gasteiger partial charge in [0.05, 0.1) is 17.2 Å². The highest BCUT2D eigenvalue weighted by molar-refractivity contribution is 7.93. The molecule has 1 aromatic heterocycles. The van der Waals surface area contributed by atoms with Crippen molar-refractivity contribution in [1.29, 1.82) is 0 Å². The Balaban J connectivity index is 2.10. The molecular weight excluding hydrogens is 430 g/mol. The summed E-state index contributed by atoms with van der Waals surface area (Å²) in [5.74, 6) is 0. The number of anilines is 1. The highest BCUT2D eigenvalue weighted by atomic mass is 35.5. The number of hydrogen-bond acceptors (Lipinski definition) is 4. The van der Waals surface area contributed by atoms with E-state index in [0.717, 1.165) is 15.2 Å². The summed E-state index contributed by atoms with van der Waals surface area (Å²) in [6.07, 6.45) is 1.59. The molecule has 0 fully saturated rings. The molecule has 0 spiro atoms. The number of aromatic nitrogens is 1. The Morgan fingerprint density at radius 2 is 1.85 bits per heavy atom. The fourth-order valence-corrected chi connectivity index (χ4v) is 6.37. The minimum atomic E-state index is -4.02. The fraction of sp³-hybridized carbons (Fsp3) is 0.176. The van der Waals surface area contributed by atoms with Gasteiger partial charge in [-0.3, -0.25) is 0 Å². The lowest BCUT2D eigenvalue weighted by Gasteiger charge is -2.23. The standard InChI is InChI=1S/C17H17Cl2N2O4PS/c1-2-25-26(22)11-21(15-3-4-17-12(7-15)5-6-20-17)27(23,24)16-9-13(18)8-14(19)10-16/h3-10,20,22H,2,11H2,1H3/p+1. The summed E-state index contributed by atoms with van der Waals surface area (Å²) in [5, 5.41) is 1.27. The minimum Gasteiger partial charge on any atom is -0.361 e. The summed E-state index contributed by atoms with van der Waals surface area (Å²) in [6, 6.07) is 11.1. The van der Waals surface area contributed by atoms with Gasteiger partial charge in [0.15, 0.2) is 6.29 Å². The van der Waals surface area contributed by atoms with Crippen LogP contribution in [-0.4, -0.2) is 31.2 Å². The normalized spacial score (nSPS) is 13.0. The third-order valence-electron chi connectivity index (χ3n) is 3.84. The average molecular weight is 448 g/mol. The van der Waals surface area contributed by atoms with E-state index in [1.807, 2.05) is 6.07 Å². The van der Waals surface area contributed by atoms with Crippen molar-refractivity contribution in [3.8, 4) is 0 Å². The molecule has 0 aliphatic heterocycles. The Labute approximate surface area is 168 Å². The number of benzene rings is 2. The first-order chi connectivity index (χ1) is 12.8. The highest BCUT2D eigenvalue weighted by Crippen LogP contribution is 2.38.